The van der Waals surface area contributed by atoms with Crippen molar-refractivity contribution in [3.63, 3.8) is 0 Å². The molecule has 9 nitrogen and oxygen atoms in total. The number of unbranched alkanes of at least 4 members (excludes halogenated alkanes) is 24. The van der Waals surface area contributed by atoms with E-state index in [9.17, 15) is 19.0 Å². The van der Waals surface area contributed by atoms with Gasteiger partial charge in [0.15, 0.2) is 6.10 Å². The van der Waals surface area contributed by atoms with Crippen LogP contribution < -0.4 is 0 Å². The maximum Gasteiger partial charge on any atom is 0.472 e. The number of carbonyl (C=O) groups excluding carboxylic acids is 2. The van der Waals surface area contributed by atoms with Crippen molar-refractivity contribution in [1.29, 1.82) is 0 Å². The van der Waals surface area contributed by atoms with Gasteiger partial charge in [0, 0.05) is 12.8 Å². The summed E-state index contributed by atoms with van der Waals surface area (Å²) in [6, 6.07) is 0. The smallest absolute Gasteiger partial charge is 0.462 e. The molecule has 0 fully saturated rings. The van der Waals surface area contributed by atoms with E-state index in [1.165, 1.54) is 128 Å². The topological polar surface area (TPSA) is 108 Å². The molecule has 2 atom stereocenters. The lowest BCUT2D eigenvalue weighted by atomic mass is 10.0. The highest BCUT2D eigenvalue weighted by molar-refractivity contribution is 7.47. The van der Waals surface area contributed by atoms with E-state index < -0.39 is 26.5 Å². The molecule has 1 N–H and O–H groups in total. The summed E-state index contributed by atoms with van der Waals surface area (Å²) >= 11 is 0. The van der Waals surface area contributed by atoms with E-state index in [4.69, 9.17) is 18.5 Å². The first-order chi connectivity index (χ1) is 24.0. The van der Waals surface area contributed by atoms with Crippen molar-refractivity contribution < 1.29 is 42.1 Å². The Labute approximate surface area is 308 Å². The van der Waals surface area contributed by atoms with Crippen LogP contribution in [0.1, 0.15) is 194 Å². The number of likely N-dealkylation sites (N-methyl/N-ethyl adjacent to an activating group) is 1. The number of esters is 2. The lowest BCUT2D eigenvalue weighted by molar-refractivity contribution is -0.870. The molecule has 0 heterocycles. The number of hydrogen-bond acceptors (Lipinski definition) is 7. The highest BCUT2D eigenvalue weighted by Crippen LogP contribution is 2.43. The third kappa shape index (κ3) is 36.8. The molecule has 298 valence electrons. The molecule has 0 aromatic rings. The molecule has 0 aliphatic carbocycles. The molecule has 0 aliphatic rings. The second-order valence-electron chi connectivity index (χ2n) is 15.4. The average molecular weight is 735 g/mol. The van der Waals surface area contributed by atoms with Gasteiger partial charge in [-0.3, -0.25) is 18.6 Å². The Balaban J connectivity index is 4.33. The number of ether oxygens (including phenoxy) is 2. The number of hydrogen-bond donors (Lipinski definition) is 1. The number of carbonyl (C=O) groups is 2. The first-order valence-electron chi connectivity index (χ1n) is 20.8. The minimum Gasteiger partial charge on any atom is -0.462 e. The molecular weight excluding hydrogens is 653 g/mol. The molecule has 0 aromatic heterocycles. The van der Waals surface area contributed by atoms with Crippen LogP contribution in [0.15, 0.2) is 0 Å². The fourth-order valence-corrected chi connectivity index (χ4v) is 6.58. The molecule has 0 aliphatic heterocycles. The summed E-state index contributed by atoms with van der Waals surface area (Å²) in [5.74, 6) is -0.788. The number of phosphoric ester groups is 1. The Morgan fingerprint density at radius 3 is 1.28 bits per heavy atom. The molecule has 0 aromatic carbocycles. The van der Waals surface area contributed by atoms with Crippen LogP contribution in [0.25, 0.3) is 0 Å². The highest BCUT2D eigenvalue weighted by Gasteiger charge is 2.27. The van der Waals surface area contributed by atoms with Crippen LogP contribution >= 0.6 is 7.82 Å². The van der Waals surface area contributed by atoms with E-state index >= 15 is 0 Å². The standard InChI is InChI=1S/C40H80NO8P/c1-6-8-10-12-14-16-18-19-20-21-23-24-26-28-30-32-39(42)46-36-38(37-48-50(44,45)47-35-34-41(3,4)5)49-40(43)33-31-29-27-25-22-17-15-13-11-9-7-2/h38H,6-37H2,1-5H3/p+1/t38-/m1/s1. The van der Waals surface area contributed by atoms with Gasteiger partial charge in [-0.25, -0.2) is 4.57 Å². The van der Waals surface area contributed by atoms with Gasteiger partial charge in [-0.05, 0) is 12.8 Å². The Morgan fingerprint density at radius 1 is 0.540 bits per heavy atom. The van der Waals surface area contributed by atoms with E-state index in [0.717, 1.165) is 32.1 Å². The predicted octanol–water partition coefficient (Wildman–Crippen LogP) is 11.2. The minimum atomic E-state index is -4.36. The minimum absolute atomic E-state index is 0.0365. The lowest BCUT2D eigenvalue weighted by Gasteiger charge is -2.24. The number of phosphoric acid groups is 1. The zero-order valence-electron chi connectivity index (χ0n) is 33.4. The van der Waals surface area contributed by atoms with Crippen molar-refractivity contribution in [3.8, 4) is 0 Å². The number of rotatable bonds is 38. The summed E-state index contributed by atoms with van der Waals surface area (Å²) < 4.78 is 34.2. The monoisotopic (exact) mass is 735 g/mol. The van der Waals surface area contributed by atoms with Gasteiger partial charge in [0.05, 0.1) is 27.7 Å². The van der Waals surface area contributed by atoms with Crippen LogP contribution in [-0.4, -0.2) is 74.9 Å². The molecule has 0 saturated heterocycles. The van der Waals surface area contributed by atoms with Crippen molar-refractivity contribution in [1.82, 2.24) is 0 Å². The zero-order chi connectivity index (χ0) is 37.2. The fourth-order valence-electron chi connectivity index (χ4n) is 5.84. The molecule has 1 unspecified atom stereocenters. The normalized spacial score (nSPS) is 13.6. The molecule has 0 rings (SSSR count). The number of nitrogens with zero attached hydrogens (tertiary/aromatic N) is 1. The summed E-state index contributed by atoms with van der Waals surface area (Å²) in [5.41, 5.74) is 0. The fraction of sp³-hybridized carbons (Fsp3) is 0.950. The van der Waals surface area contributed by atoms with E-state index in [1.54, 1.807) is 0 Å². The second kappa shape index (κ2) is 33.8. The Hall–Kier alpha value is -0.990. The second-order valence-corrected chi connectivity index (χ2v) is 16.8. The maximum atomic E-state index is 12.6. The molecule has 0 saturated carbocycles. The van der Waals surface area contributed by atoms with Crippen molar-refractivity contribution in [3.05, 3.63) is 0 Å². The van der Waals surface area contributed by atoms with Crippen molar-refractivity contribution in [2.45, 2.75) is 200 Å². The Kier molecular flexibility index (Phi) is 33.2. The van der Waals surface area contributed by atoms with Gasteiger partial charge in [-0.2, -0.15) is 0 Å². The molecule has 0 spiro atoms. The predicted molar refractivity (Wildman–Crippen MR) is 206 cm³/mol. The summed E-state index contributed by atoms with van der Waals surface area (Å²) in [6.07, 6.45) is 31.4. The van der Waals surface area contributed by atoms with E-state index in [2.05, 4.69) is 13.8 Å². The van der Waals surface area contributed by atoms with Gasteiger partial charge in [-0.1, -0.05) is 168 Å². The SMILES string of the molecule is CCCCCCCCCCCCCCCCCC(=O)OC[C@H](COP(=O)(O)OCC[N+](C)(C)C)OC(=O)CCCCCCCCCCCCC. The first-order valence-corrected chi connectivity index (χ1v) is 22.3. The van der Waals surface area contributed by atoms with Crippen LogP contribution in [0, 0.1) is 0 Å². The molecular formula is C40H81NO8P+. The van der Waals surface area contributed by atoms with Crippen molar-refractivity contribution in [2.24, 2.45) is 0 Å². The molecule has 0 amide bonds. The summed E-state index contributed by atoms with van der Waals surface area (Å²) in [5, 5.41) is 0. The quantitative estimate of drug-likeness (QED) is 0.0289. The van der Waals surface area contributed by atoms with Crippen LogP contribution in [-0.2, 0) is 32.7 Å². The third-order valence-corrected chi connectivity index (χ3v) is 10.1. The Bertz CT molecular complexity index is 835. The molecule has 10 heteroatoms. The van der Waals surface area contributed by atoms with Crippen LogP contribution in [0.4, 0.5) is 0 Å². The lowest BCUT2D eigenvalue weighted by Crippen LogP contribution is -2.37. The molecule has 0 bridgehead atoms. The average Bonchev–Trinajstić information content (AvgIpc) is 3.06. The van der Waals surface area contributed by atoms with Gasteiger partial charge >= 0.3 is 19.8 Å². The molecule has 50 heavy (non-hydrogen) atoms. The maximum absolute atomic E-state index is 12.6. The third-order valence-electron chi connectivity index (χ3n) is 9.14. The summed E-state index contributed by atoms with van der Waals surface area (Å²) in [4.78, 5) is 35.2. The van der Waals surface area contributed by atoms with Gasteiger partial charge < -0.3 is 18.9 Å². The summed E-state index contributed by atoms with van der Waals surface area (Å²) in [7, 11) is 1.49. The largest absolute Gasteiger partial charge is 0.472 e. The van der Waals surface area contributed by atoms with Gasteiger partial charge in [0.2, 0.25) is 0 Å². The zero-order valence-corrected chi connectivity index (χ0v) is 34.3. The van der Waals surface area contributed by atoms with E-state index in [-0.39, 0.29) is 25.6 Å². The van der Waals surface area contributed by atoms with Crippen LogP contribution in [0.5, 0.6) is 0 Å². The van der Waals surface area contributed by atoms with Gasteiger partial charge in [0.1, 0.15) is 19.8 Å². The highest BCUT2D eigenvalue weighted by atomic mass is 31.2. The van der Waals surface area contributed by atoms with E-state index in [0.29, 0.717) is 23.9 Å². The van der Waals surface area contributed by atoms with Gasteiger partial charge in [-0.15, -0.1) is 0 Å². The van der Waals surface area contributed by atoms with Crippen molar-refractivity contribution >= 4 is 19.8 Å². The summed E-state index contributed by atoms with van der Waals surface area (Å²) in [6.45, 7) is 4.43. The first kappa shape index (κ1) is 49.0. The van der Waals surface area contributed by atoms with E-state index in [1.807, 2.05) is 21.1 Å². The molecule has 0 radical (unpaired) electrons. The van der Waals surface area contributed by atoms with Crippen molar-refractivity contribution in [2.75, 3.05) is 47.5 Å². The number of quaternary nitrogens is 1. The Morgan fingerprint density at radius 2 is 0.900 bits per heavy atom. The van der Waals surface area contributed by atoms with Crippen LogP contribution in [0.3, 0.4) is 0 Å². The van der Waals surface area contributed by atoms with Crippen LogP contribution in [0.2, 0.25) is 0 Å². The van der Waals surface area contributed by atoms with Gasteiger partial charge in [0.25, 0.3) is 0 Å².